The van der Waals surface area contributed by atoms with Gasteiger partial charge in [-0.05, 0) is 25.1 Å². The summed E-state index contributed by atoms with van der Waals surface area (Å²) in [7, 11) is 0. The molecule has 1 aromatic carbocycles. The fourth-order valence-corrected chi connectivity index (χ4v) is 2.53. The number of benzene rings is 1. The molecule has 90 valence electrons. The molecule has 0 unspecified atom stereocenters. The van der Waals surface area contributed by atoms with Crippen LogP contribution in [0.1, 0.15) is 6.92 Å². The van der Waals surface area contributed by atoms with Crippen LogP contribution >= 0.6 is 27.3 Å². The maximum absolute atomic E-state index is 11.2. The maximum atomic E-state index is 11.2. The Morgan fingerprint density at radius 1 is 1.59 bits per heavy atom. The summed E-state index contributed by atoms with van der Waals surface area (Å²) in [4.78, 5) is 15.5. The minimum Gasteiger partial charge on any atom is -0.465 e. The van der Waals surface area contributed by atoms with Gasteiger partial charge in [-0.2, -0.15) is 0 Å². The number of carbonyl (C=O) groups is 1. The summed E-state index contributed by atoms with van der Waals surface area (Å²) >= 11 is 4.91. The highest BCUT2D eigenvalue weighted by Crippen LogP contribution is 2.27. The van der Waals surface area contributed by atoms with Crippen LogP contribution in [0.15, 0.2) is 22.7 Å². The monoisotopic (exact) mass is 314 g/mol. The summed E-state index contributed by atoms with van der Waals surface area (Å²) in [6, 6.07) is 5.91. The number of halogens is 1. The fourth-order valence-electron chi connectivity index (χ4n) is 1.34. The van der Waals surface area contributed by atoms with Crippen molar-refractivity contribution >= 4 is 48.6 Å². The van der Waals surface area contributed by atoms with Gasteiger partial charge in [0, 0.05) is 4.47 Å². The Morgan fingerprint density at radius 3 is 3.18 bits per heavy atom. The standard InChI is InChI=1S/C11H11BrN2O2S/c1-2-16-10(15)6-13-11-14-8-5-7(12)3-4-9(8)17-11/h3-5H,2,6H2,1H3,(H,13,14). The molecule has 2 rings (SSSR count). The van der Waals surface area contributed by atoms with Crippen molar-refractivity contribution in [1.29, 1.82) is 0 Å². The van der Waals surface area contributed by atoms with Crippen LogP contribution in [-0.2, 0) is 9.53 Å². The smallest absolute Gasteiger partial charge is 0.325 e. The van der Waals surface area contributed by atoms with Crippen LogP contribution in [0, 0.1) is 0 Å². The molecule has 0 aliphatic rings. The van der Waals surface area contributed by atoms with E-state index in [0.717, 1.165) is 19.8 Å². The minimum absolute atomic E-state index is 0.148. The lowest BCUT2D eigenvalue weighted by molar-refractivity contribution is -0.140. The summed E-state index contributed by atoms with van der Waals surface area (Å²) in [5.41, 5.74) is 0.913. The molecular formula is C11H11BrN2O2S. The number of ether oxygens (including phenoxy) is 1. The van der Waals surface area contributed by atoms with Gasteiger partial charge in [-0.25, -0.2) is 4.98 Å². The van der Waals surface area contributed by atoms with E-state index in [-0.39, 0.29) is 12.5 Å². The minimum atomic E-state index is -0.270. The van der Waals surface area contributed by atoms with E-state index < -0.39 is 0 Å². The molecule has 0 saturated heterocycles. The number of hydrogen-bond donors (Lipinski definition) is 1. The van der Waals surface area contributed by atoms with Crippen molar-refractivity contribution in [2.75, 3.05) is 18.5 Å². The first-order valence-corrected chi connectivity index (χ1v) is 6.75. The lowest BCUT2D eigenvalue weighted by atomic mass is 10.3. The summed E-state index contributed by atoms with van der Waals surface area (Å²) in [6.07, 6.45) is 0. The molecule has 0 radical (unpaired) electrons. The second-order valence-corrected chi connectivity index (χ2v) is 5.24. The molecule has 4 nitrogen and oxygen atoms in total. The molecule has 0 amide bonds. The number of nitrogens with zero attached hydrogens (tertiary/aromatic N) is 1. The quantitative estimate of drug-likeness (QED) is 0.881. The van der Waals surface area contributed by atoms with Crippen LogP contribution in [0.2, 0.25) is 0 Å². The Balaban J connectivity index is 2.07. The zero-order valence-electron chi connectivity index (χ0n) is 9.20. The van der Waals surface area contributed by atoms with Crippen molar-refractivity contribution in [2.45, 2.75) is 6.92 Å². The number of anilines is 1. The molecule has 1 N–H and O–H groups in total. The molecule has 0 saturated carbocycles. The maximum Gasteiger partial charge on any atom is 0.325 e. The molecule has 0 bridgehead atoms. The van der Waals surface area contributed by atoms with Gasteiger partial charge >= 0.3 is 5.97 Å². The van der Waals surface area contributed by atoms with Gasteiger partial charge in [0.15, 0.2) is 5.13 Å². The molecule has 0 aliphatic heterocycles. The highest BCUT2D eigenvalue weighted by Gasteiger charge is 2.06. The van der Waals surface area contributed by atoms with Gasteiger partial charge in [0.2, 0.25) is 0 Å². The molecule has 6 heteroatoms. The van der Waals surface area contributed by atoms with Gasteiger partial charge < -0.3 is 10.1 Å². The Bertz CT molecular complexity index is 541. The molecular weight excluding hydrogens is 304 g/mol. The van der Waals surface area contributed by atoms with E-state index in [1.807, 2.05) is 18.2 Å². The highest BCUT2D eigenvalue weighted by molar-refractivity contribution is 9.10. The first kappa shape index (κ1) is 12.3. The fraction of sp³-hybridized carbons (Fsp3) is 0.273. The van der Waals surface area contributed by atoms with Crippen LogP contribution < -0.4 is 5.32 Å². The van der Waals surface area contributed by atoms with Gasteiger partial charge in [-0.15, -0.1) is 0 Å². The summed E-state index contributed by atoms with van der Waals surface area (Å²) in [6.45, 7) is 2.33. The number of thiazole rings is 1. The Morgan fingerprint density at radius 2 is 2.41 bits per heavy atom. The molecule has 2 aromatic rings. The number of carbonyl (C=O) groups excluding carboxylic acids is 1. The van der Waals surface area contributed by atoms with E-state index in [2.05, 4.69) is 26.2 Å². The topological polar surface area (TPSA) is 51.2 Å². The zero-order valence-corrected chi connectivity index (χ0v) is 11.6. The summed E-state index contributed by atoms with van der Waals surface area (Å²) in [5, 5.41) is 3.68. The van der Waals surface area contributed by atoms with Crippen LogP contribution in [0.25, 0.3) is 10.2 Å². The van der Waals surface area contributed by atoms with Crippen LogP contribution in [-0.4, -0.2) is 24.1 Å². The van der Waals surface area contributed by atoms with Crippen molar-refractivity contribution in [1.82, 2.24) is 4.98 Å². The zero-order chi connectivity index (χ0) is 12.3. The van der Waals surface area contributed by atoms with Gasteiger partial charge in [0.1, 0.15) is 6.54 Å². The van der Waals surface area contributed by atoms with Gasteiger partial charge in [0.05, 0.1) is 16.8 Å². The number of fused-ring (bicyclic) bond motifs is 1. The molecule has 0 fully saturated rings. The third kappa shape index (κ3) is 3.17. The SMILES string of the molecule is CCOC(=O)CNc1nc2cc(Br)ccc2s1. The first-order valence-electron chi connectivity index (χ1n) is 5.14. The second-order valence-electron chi connectivity index (χ2n) is 3.29. The molecule has 0 aliphatic carbocycles. The van der Waals surface area contributed by atoms with Crippen molar-refractivity contribution in [3.05, 3.63) is 22.7 Å². The van der Waals surface area contributed by atoms with Crippen molar-refractivity contribution in [2.24, 2.45) is 0 Å². The Labute approximate surface area is 111 Å². The third-order valence-electron chi connectivity index (χ3n) is 2.04. The number of nitrogens with one attached hydrogen (secondary N) is 1. The predicted octanol–water partition coefficient (Wildman–Crippen LogP) is 3.03. The van der Waals surface area contributed by atoms with E-state index in [4.69, 9.17) is 4.74 Å². The van der Waals surface area contributed by atoms with E-state index >= 15 is 0 Å². The predicted molar refractivity (Wildman–Crippen MR) is 72.4 cm³/mol. The van der Waals surface area contributed by atoms with E-state index in [1.54, 1.807) is 6.92 Å². The van der Waals surface area contributed by atoms with Crippen LogP contribution in [0.3, 0.4) is 0 Å². The molecule has 17 heavy (non-hydrogen) atoms. The molecule has 1 heterocycles. The van der Waals surface area contributed by atoms with Gasteiger partial charge in [0.25, 0.3) is 0 Å². The average Bonchev–Trinajstić information content (AvgIpc) is 2.68. The van der Waals surface area contributed by atoms with E-state index in [0.29, 0.717) is 6.61 Å². The van der Waals surface area contributed by atoms with Crippen molar-refractivity contribution < 1.29 is 9.53 Å². The number of esters is 1. The largest absolute Gasteiger partial charge is 0.465 e. The van der Waals surface area contributed by atoms with Crippen molar-refractivity contribution in [3.63, 3.8) is 0 Å². The number of hydrogen-bond acceptors (Lipinski definition) is 5. The lowest BCUT2D eigenvalue weighted by Crippen LogP contribution is -2.16. The average molecular weight is 315 g/mol. The summed E-state index contributed by atoms with van der Waals surface area (Å²) in [5.74, 6) is -0.270. The third-order valence-corrected chi connectivity index (χ3v) is 3.53. The van der Waals surface area contributed by atoms with Crippen molar-refractivity contribution in [3.8, 4) is 0 Å². The number of rotatable bonds is 4. The summed E-state index contributed by atoms with van der Waals surface area (Å²) < 4.78 is 6.90. The van der Waals surface area contributed by atoms with Crippen LogP contribution in [0.4, 0.5) is 5.13 Å². The Kier molecular flexibility index (Phi) is 3.96. The highest BCUT2D eigenvalue weighted by atomic mass is 79.9. The normalized spacial score (nSPS) is 10.5. The van der Waals surface area contributed by atoms with E-state index in [1.165, 1.54) is 11.3 Å². The van der Waals surface area contributed by atoms with Gasteiger partial charge in [-0.1, -0.05) is 27.3 Å². The second kappa shape index (κ2) is 5.46. The Hall–Kier alpha value is -1.14. The number of aromatic nitrogens is 1. The first-order chi connectivity index (χ1) is 8.19. The van der Waals surface area contributed by atoms with E-state index in [9.17, 15) is 4.79 Å². The molecule has 0 spiro atoms. The molecule has 1 aromatic heterocycles. The van der Waals surface area contributed by atoms with Gasteiger partial charge in [-0.3, -0.25) is 4.79 Å². The molecule has 0 atom stereocenters. The van der Waals surface area contributed by atoms with Crippen LogP contribution in [0.5, 0.6) is 0 Å². The lowest BCUT2D eigenvalue weighted by Gasteiger charge is -2.01.